The fourth-order valence-corrected chi connectivity index (χ4v) is 2.65. The predicted molar refractivity (Wildman–Crippen MR) is 82.3 cm³/mol. The fourth-order valence-electron chi connectivity index (χ4n) is 2.65. The standard InChI is InChI=1S/C17H33N2/c1-4-7-9-10-11-12-17-18(13-6-3)15-16-19(17)14-8-5-2/h15-16H,4-14H2,1-3H3/q+1. The fraction of sp³-hybridized carbons (Fsp3) is 0.824. The van der Waals surface area contributed by atoms with Crippen LogP contribution in [0.4, 0.5) is 0 Å². The summed E-state index contributed by atoms with van der Waals surface area (Å²) in [7, 11) is 0. The van der Waals surface area contributed by atoms with Gasteiger partial charge in [-0.05, 0) is 19.3 Å². The van der Waals surface area contributed by atoms with E-state index in [4.69, 9.17) is 0 Å². The number of aryl methyl sites for hydroxylation is 2. The Morgan fingerprint density at radius 1 is 0.895 bits per heavy atom. The lowest BCUT2D eigenvalue weighted by atomic mass is 10.1. The maximum Gasteiger partial charge on any atom is 0.256 e. The summed E-state index contributed by atoms with van der Waals surface area (Å²) in [6.45, 7) is 9.18. The maximum absolute atomic E-state index is 2.49. The van der Waals surface area contributed by atoms with Crippen molar-refractivity contribution in [3.8, 4) is 0 Å². The summed E-state index contributed by atoms with van der Waals surface area (Å²) in [4.78, 5) is 0. The highest BCUT2D eigenvalue weighted by Crippen LogP contribution is 2.08. The van der Waals surface area contributed by atoms with Gasteiger partial charge in [-0.3, -0.25) is 0 Å². The minimum atomic E-state index is 1.17. The molecule has 0 aliphatic heterocycles. The van der Waals surface area contributed by atoms with E-state index in [2.05, 4.69) is 42.3 Å². The molecule has 2 heteroatoms. The Bertz CT molecular complexity index is 328. The molecule has 0 radical (unpaired) electrons. The van der Waals surface area contributed by atoms with Crippen molar-refractivity contribution >= 4 is 0 Å². The topological polar surface area (TPSA) is 8.81 Å². The molecule has 0 N–H and O–H groups in total. The van der Waals surface area contributed by atoms with E-state index in [1.165, 1.54) is 70.9 Å². The van der Waals surface area contributed by atoms with E-state index >= 15 is 0 Å². The number of hydrogen-bond acceptors (Lipinski definition) is 0. The molecule has 0 unspecified atom stereocenters. The third-order valence-electron chi connectivity index (χ3n) is 3.81. The molecular formula is C17H33N2+. The maximum atomic E-state index is 2.49. The van der Waals surface area contributed by atoms with Crippen LogP contribution in [-0.4, -0.2) is 4.57 Å². The molecule has 110 valence electrons. The van der Waals surface area contributed by atoms with E-state index in [-0.39, 0.29) is 0 Å². The Kier molecular flexibility index (Phi) is 8.61. The summed E-state index contributed by atoms with van der Waals surface area (Å²) in [6.07, 6.45) is 16.5. The Labute approximate surface area is 119 Å². The molecule has 1 aromatic heterocycles. The second-order valence-corrected chi connectivity index (χ2v) is 5.62. The lowest BCUT2D eigenvalue weighted by Crippen LogP contribution is -2.37. The molecule has 0 fully saturated rings. The van der Waals surface area contributed by atoms with Gasteiger partial charge in [0.2, 0.25) is 0 Å². The summed E-state index contributed by atoms with van der Waals surface area (Å²) in [5.41, 5.74) is 0. The third-order valence-corrected chi connectivity index (χ3v) is 3.81. The first-order chi connectivity index (χ1) is 9.33. The molecule has 0 saturated heterocycles. The quantitative estimate of drug-likeness (QED) is 0.411. The van der Waals surface area contributed by atoms with Crippen LogP contribution >= 0.6 is 0 Å². The Balaban J connectivity index is 2.52. The highest BCUT2D eigenvalue weighted by atomic mass is 15.1. The molecule has 0 aliphatic carbocycles. The molecule has 0 bridgehead atoms. The van der Waals surface area contributed by atoms with Crippen molar-refractivity contribution in [3.05, 3.63) is 18.2 Å². The van der Waals surface area contributed by atoms with Crippen molar-refractivity contribution < 1.29 is 4.57 Å². The number of aromatic nitrogens is 2. The van der Waals surface area contributed by atoms with Crippen LogP contribution in [0.5, 0.6) is 0 Å². The molecule has 2 nitrogen and oxygen atoms in total. The zero-order valence-electron chi connectivity index (χ0n) is 13.3. The van der Waals surface area contributed by atoms with Gasteiger partial charge in [0.1, 0.15) is 12.4 Å². The van der Waals surface area contributed by atoms with E-state index in [1.807, 2.05) is 0 Å². The number of hydrogen-bond donors (Lipinski definition) is 0. The van der Waals surface area contributed by atoms with Crippen molar-refractivity contribution in [1.82, 2.24) is 4.57 Å². The first-order valence-corrected chi connectivity index (χ1v) is 8.40. The van der Waals surface area contributed by atoms with Gasteiger partial charge in [0.25, 0.3) is 5.82 Å². The number of imidazole rings is 1. The minimum absolute atomic E-state index is 1.17. The summed E-state index contributed by atoms with van der Waals surface area (Å²) in [6, 6.07) is 0. The second kappa shape index (κ2) is 10.1. The van der Waals surface area contributed by atoms with Gasteiger partial charge in [0.05, 0.1) is 13.1 Å². The van der Waals surface area contributed by atoms with Crippen LogP contribution in [0.3, 0.4) is 0 Å². The van der Waals surface area contributed by atoms with Crippen molar-refractivity contribution in [1.29, 1.82) is 0 Å². The smallest absolute Gasteiger partial charge is 0.234 e. The monoisotopic (exact) mass is 265 g/mol. The van der Waals surface area contributed by atoms with Gasteiger partial charge >= 0.3 is 0 Å². The van der Waals surface area contributed by atoms with E-state index in [0.29, 0.717) is 0 Å². The second-order valence-electron chi connectivity index (χ2n) is 5.62. The molecule has 0 aromatic carbocycles. The molecule has 1 aromatic rings. The average molecular weight is 265 g/mol. The number of nitrogens with zero attached hydrogens (tertiary/aromatic N) is 2. The van der Waals surface area contributed by atoms with Crippen LogP contribution in [0.25, 0.3) is 0 Å². The first-order valence-electron chi connectivity index (χ1n) is 8.40. The summed E-state index contributed by atoms with van der Waals surface area (Å²) < 4.78 is 4.95. The summed E-state index contributed by atoms with van der Waals surface area (Å²) in [5.74, 6) is 1.55. The van der Waals surface area contributed by atoms with Crippen LogP contribution in [-0.2, 0) is 19.5 Å². The average Bonchev–Trinajstić information content (AvgIpc) is 2.79. The highest BCUT2D eigenvalue weighted by Gasteiger charge is 2.15. The van der Waals surface area contributed by atoms with Crippen molar-refractivity contribution in [2.24, 2.45) is 0 Å². The van der Waals surface area contributed by atoms with Crippen LogP contribution in [0, 0.1) is 0 Å². The van der Waals surface area contributed by atoms with E-state index in [1.54, 1.807) is 5.82 Å². The molecule has 0 spiro atoms. The third kappa shape index (κ3) is 5.80. The summed E-state index contributed by atoms with van der Waals surface area (Å²) >= 11 is 0. The molecule has 0 saturated carbocycles. The first kappa shape index (κ1) is 16.3. The minimum Gasteiger partial charge on any atom is -0.234 e. The molecule has 0 aliphatic rings. The van der Waals surface area contributed by atoms with Crippen molar-refractivity contribution in [2.45, 2.75) is 91.6 Å². The van der Waals surface area contributed by atoms with Gasteiger partial charge < -0.3 is 0 Å². The van der Waals surface area contributed by atoms with Gasteiger partial charge in [0, 0.05) is 6.42 Å². The van der Waals surface area contributed by atoms with Gasteiger partial charge in [-0.2, -0.15) is 0 Å². The largest absolute Gasteiger partial charge is 0.256 e. The lowest BCUT2D eigenvalue weighted by Gasteiger charge is -2.05. The van der Waals surface area contributed by atoms with Crippen LogP contribution in [0.15, 0.2) is 12.4 Å². The molecule has 1 rings (SSSR count). The summed E-state index contributed by atoms with van der Waals surface area (Å²) in [5, 5.41) is 0. The van der Waals surface area contributed by atoms with E-state index in [9.17, 15) is 0 Å². The Morgan fingerprint density at radius 2 is 1.63 bits per heavy atom. The van der Waals surface area contributed by atoms with E-state index < -0.39 is 0 Å². The van der Waals surface area contributed by atoms with Gasteiger partial charge in [-0.25, -0.2) is 9.13 Å². The molecule has 1 heterocycles. The predicted octanol–water partition coefficient (Wildman–Crippen LogP) is 4.50. The van der Waals surface area contributed by atoms with Crippen molar-refractivity contribution in [3.63, 3.8) is 0 Å². The normalized spacial score (nSPS) is 11.1. The van der Waals surface area contributed by atoms with Crippen LogP contribution in [0.1, 0.15) is 78.0 Å². The van der Waals surface area contributed by atoms with Gasteiger partial charge in [-0.1, -0.05) is 52.9 Å². The zero-order chi connectivity index (χ0) is 13.9. The Morgan fingerprint density at radius 3 is 2.32 bits per heavy atom. The van der Waals surface area contributed by atoms with Gasteiger partial charge in [-0.15, -0.1) is 0 Å². The number of unbranched alkanes of at least 4 members (excludes halogenated alkanes) is 5. The van der Waals surface area contributed by atoms with E-state index in [0.717, 1.165) is 0 Å². The van der Waals surface area contributed by atoms with Gasteiger partial charge in [0.15, 0.2) is 0 Å². The highest BCUT2D eigenvalue weighted by molar-refractivity contribution is 4.84. The Hall–Kier alpha value is -0.790. The SMILES string of the molecule is CCCCCCCc1n(CCC)cc[n+]1CCCC. The van der Waals surface area contributed by atoms with Crippen LogP contribution < -0.4 is 4.57 Å². The molecule has 19 heavy (non-hydrogen) atoms. The number of rotatable bonds is 11. The molecule has 0 amide bonds. The molecule has 0 atom stereocenters. The molecular weight excluding hydrogens is 232 g/mol. The zero-order valence-corrected chi connectivity index (χ0v) is 13.3. The van der Waals surface area contributed by atoms with Crippen molar-refractivity contribution in [2.75, 3.05) is 0 Å². The lowest BCUT2D eigenvalue weighted by molar-refractivity contribution is -0.704. The van der Waals surface area contributed by atoms with Crippen LogP contribution in [0.2, 0.25) is 0 Å².